The number of carbonyl (C=O) groups excluding carboxylic acids is 1. The number of hydrogen-bond acceptors (Lipinski definition) is 6. The minimum absolute atomic E-state index is 0.0141. The SMILES string of the molecule is Cc1cc(C(F)(F)F)nn1Cc1ccc(C(=O)Nc2nnc(C3CC3)s2)o1. The van der Waals surface area contributed by atoms with Gasteiger partial charge in [0.1, 0.15) is 10.8 Å². The quantitative estimate of drug-likeness (QED) is 0.707. The summed E-state index contributed by atoms with van der Waals surface area (Å²) < 4.78 is 44.8. The number of carbonyl (C=O) groups is 1. The van der Waals surface area contributed by atoms with Crippen LogP contribution < -0.4 is 5.32 Å². The minimum atomic E-state index is -4.51. The van der Waals surface area contributed by atoms with E-state index in [9.17, 15) is 18.0 Å². The Morgan fingerprint density at radius 3 is 2.81 bits per heavy atom. The van der Waals surface area contributed by atoms with Crippen molar-refractivity contribution in [1.82, 2.24) is 20.0 Å². The van der Waals surface area contributed by atoms with Gasteiger partial charge in [0.05, 0.1) is 6.54 Å². The molecule has 0 radical (unpaired) electrons. The van der Waals surface area contributed by atoms with Crippen LogP contribution in [-0.4, -0.2) is 25.9 Å². The summed E-state index contributed by atoms with van der Waals surface area (Å²) in [6.07, 6.45) is -2.33. The molecule has 27 heavy (non-hydrogen) atoms. The van der Waals surface area contributed by atoms with Crippen molar-refractivity contribution in [2.75, 3.05) is 5.32 Å². The molecule has 1 fully saturated rings. The first kappa shape index (κ1) is 17.7. The molecule has 11 heteroatoms. The average Bonchev–Trinajstić information content (AvgIpc) is 3.00. The third kappa shape index (κ3) is 3.87. The van der Waals surface area contributed by atoms with Crippen LogP contribution in [0.3, 0.4) is 0 Å². The molecule has 1 saturated carbocycles. The number of nitrogens with one attached hydrogen (secondary N) is 1. The number of nitrogens with zero attached hydrogens (tertiary/aromatic N) is 4. The Morgan fingerprint density at radius 1 is 1.37 bits per heavy atom. The molecule has 0 aromatic carbocycles. The van der Waals surface area contributed by atoms with E-state index >= 15 is 0 Å². The fourth-order valence-electron chi connectivity index (χ4n) is 2.48. The van der Waals surface area contributed by atoms with Crippen molar-refractivity contribution in [3.05, 3.63) is 46.1 Å². The van der Waals surface area contributed by atoms with Gasteiger partial charge in [0, 0.05) is 11.6 Å². The molecule has 0 unspecified atom stereocenters. The Hall–Kier alpha value is -2.69. The van der Waals surface area contributed by atoms with Crippen LogP contribution in [0.1, 0.15) is 51.5 Å². The van der Waals surface area contributed by atoms with Crippen molar-refractivity contribution in [1.29, 1.82) is 0 Å². The summed E-state index contributed by atoms with van der Waals surface area (Å²) in [5, 5.41) is 15.4. The molecule has 0 atom stereocenters. The van der Waals surface area contributed by atoms with Gasteiger partial charge in [0.25, 0.3) is 5.91 Å². The number of amides is 1. The molecular weight excluding hydrogens is 383 g/mol. The van der Waals surface area contributed by atoms with E-state index in [0.717, 1.165) is 23.9 Å². The highest BCUT2D eigenvalue weighted by Crippen LogP contribution is 2.42. The summed E-state index contributed by atoms with van der Waals surface area (Å²) >= 11 is 1.33. The lowest BCUT2D eigenvalue weighted by atomic mass is 10.3. The Labute approximate surface area is 155 Å². The molecule has 3 aromatic rings. The van der Waals surface area contributed by atoms with E-state index in [1.54, 1.807) is 0 Å². The monoisotopic (exact) mass is 397 g/mol. The molecule has 1 N–H and O–H groups in total. The third-order valence-electron chi connectivity index (χ3n) is 4.05. The maximum absolute atomic E-state index is 12.7. The van der Waals surface area contributed by atoms with E-state index in [1.807, 2.05) is 0 Å². The molecule has 142 valence electrons. The molecule has 1 aliphatic carbocycles. The summed E-state index contributed by atoms with van der Waals surface area (Å²) in [5.74, 6) is 0.306. The summed E-state index contributed by atoms with van der Waals surface area (Å²) in [6, 6.07) is 3.94. The normalized spacial score (nSPS) is 14.5. The first-order chi connectivity index (χ1) is 12.8. The van der Waals surface area contributed by atoms with Crippen molar-refractivity contribution in [2.24, 2.45) is 0 Å². The lowest BCUT2D eigenvalue weighted by Crippen LogP contribution is -2.11. The predicted molar refractivity (Wildman–Crippen MR) is 89.6 cm³/mol. The molecule has 0 aliphatic heterocycles. The first-order valence-electron chi connectivity index (χ1n) is 8.14. The van der Waals surface area contributed by atoms with E-state index in [1.165, 1.54) is 35.1 Å². The van der Waals surface area contributed by atoms with Crippen molar-refractivity contribution in [3.63, 3.8) is 0 Å². The molecule has 0 bridgehead atoms. The molecule has 0 spiro atoms. The fraction of sp³-hybridized carbons (Fsp3) is 0.375. The van der Waals surface area contributed by atoms with E-state index in [4.69, 9.17) is 4.42 Å². The van der Waals surface area contributed by atoms with Gasteiger partial charge >= 0.3 is 6.18 Å². The smallest absolute Gasteiger partial charge is 0.435 e. The van der Waals surface area contributed by atoms with Crippen LogP contribution in [0.15, 0.2) is 22.6 Å². The summed E-state index contributed by atoms with van der Waals surface area (Å²) in [4.78, 5) is 12.2. The Bertz CT molecular complexity index is 987. The van der Waals surface area contributed by atoms with Crippen LogP contribution in [-0.2, 0) is 12.7 Å². The molecule has 1 aliphatic rings. The van der Waals surface area contributed by atoms with Gasteiger partial charge in [-0.05, 0) is 38.0 Å². The molecule has 0 saturated heterocycles. The molecule has 3 heterocycles. The number of halogens is 3. The zero-order valence-corrected chi connectivity index (χ0v) is 14.9. The maximum atomic E-state index is 12.7. The second-order valence-electron chi connectivity index (χ2n) is 6.27. The van der Waals surface area contributed by atoms with Crippen molar-refractivity contribution in [3.8, 4) is 0 Å². The van der Waals surface area contributed by atoms with Crippen LogP contribution in [0, 0.1) is 6.92 Å². The van der Waals surface area contributed by atoms with Gasteiger partial charge in [0.15, 0.2) is 11.5 Å². The highest BCUT2D eigenvalue weighted by molar-refractivity contribution is 7.15. The lowest BCUT2D eigenvalue weighted by molar-refractivity contribution is -0.141. The fourth-order valence-corrected chi connectivity index (χ4v) is 3.39. The first-order valence-corrected chi connectivity index (χ1v) is 8.96. The Kier molecular flexibility index (Phi) is 4.25. The summed E-state index contributed by atoms with van der Waals surface area (Å²) in [6.45, 7) is 1.51. The Balaban J connectivity index is 1.43. The predicted octanol–water partition coefficient (Wildman–Crippen LogP) is 3.83. The van der Waals surface area contributed by atoms with Gasteiger partial charge in [0.2, 0.25) is 5.13 Å². The van der Waals surface area contributed by atoms with Gasteiger partial charge in [-0.1, -0.05) is 11.3 Å². The minimum Gasteiger partial charge on any atom is -0.454 e. The molecular formula is C16H14F3N5O2S. The number of anilines is 1. The van der Waals surface area contributed by atoms with Gasteiger partial charge in [-0.25, -0.2) is 0 Å². The zero-order valence-electron chi connectivity index (χ0n) is 14.1. The number of hydrogen-bond donors (Lipinski definition) is 1. The second kappa shape index (κ2) is 6.48. The molecule has 4 rings (SSSR count). The number of alkyl halides is 3. The van der Waals surface area contributed by atoms with Crippen LogP contribution in [0.4, 0.5) is 18.3 Å². The Morgan fingerprint density at radius 2 is 2.15 bits per heavy atom. The zero-order chi connectivity index (χ0) is 19.2. The van der Waals surface area contributed by atoms with E-state index in [-0.39, 0.29) is 12.3 Å². The van der Waals surface area contributed by atoms with Gasteiger partial charge in [-0.3, -0.25) is 14.8 Å². The summed E-state index contributed by atoms with van der Waals surface area (Å²) in [5.41, 5.74) is -0.626. The topological polar surface area (TPSA) is 85.8 Å². The van der Waals surface area contributed by atoms with Crippen molar-refractivity contribution < 1.29 is 22.4 Å². The van der Waals surface area contributed by atoms with Crippen LogP contribution in [0.25, 0.3) is 0 Å². The maximum Gasteiger partial charge on any atom is 0.435 e. The molecule has 3 aromatic heterocycles. The van der Waals surface area contributed by atoms with Gasteiger partial charge in [-0.2, -0.15) is 18.3 Å². The number of aromatic nitrogens is 4. The summed E-state index contributed by atoms with van der Waals surface area (Å²) in [7, 11) is 0. The van der Waals surface area contributed by atoms with E-state index in [2.05, 4.69) is 20.6 Å². The van der Waals surface area contributed by atoms with Gasteiger partial charge < -0.3 is 4.42 Å². The molecule has 7 nitrogen and oxygen atoms in total. The van der Waals surface area contributed by atoms with Crippen LogP contribution in [0.2, 0.25) is 0 Å². The van der Waals surface area contributed by atoms with Crippen LogP contribution in [0.5, 0.6) is 0 Å². The van der Waals surface area contributed by atoms with Crippen molar-refractivity contribution >= 4 is 22.4 Å². The van der Waals surface area contributed by atoms with Crippen molar-refractivity contribution in [2.45, 2.75) is 38.4 Å². The molecule has 1 amide bonds. The third-order valence-corrected chi connectivity index (χ3v) is 5.05. The lowest BCUT2D eigenvalue weighted by Gasteiger charge is -2.02. The standard InChI is InChI=1S/C16H14F3N5O2S/c1-8-6-12(16(17,18)19)23-24(8)7-10-4-5-11(26-10)13(25)20-15-22-21-14(27-15)9-2-3-9/h4-6,9H,2-3,7H2,1H3,(H,20,22,25). The highest BCUT2D eigenvalue weighted by Gasteiger charge is 2.34. The number of furan rings is 1. The van der Waals surface area contributed by atoms with E-state index < -0.39 is 17.8 Å². The number of aryl methyl sites for hydroxylation is 1. The number of rotatable bonds is 5. The van der Waals surface area contributed by atoms with Gasteiger partial charge in [-0.15, -0.1) is 10.2 Å². The van der Waals surface area contributed by atoms with E-state index in [0.29, 0.717) is 22.5 Å². The highest BCUT2D eigenvalue weighted by atomic mass is 32.1. The van der Waals surface area contributed by atoms with Crippen LogP contribution >= 0.6 is 11.3 Å². The average molecular weight is 397 g/mol. The largest absolute Gasteiger partial charge is 0.454 e. The second-order valence-corrected chi connectivity index (χ2v) is 7.28.